The van der Waals surface area contributed by atoms with E-state index in [-0.39, 0.29) is 18.2 Å². The van der Waals surface area contributed by atoms with E-state index in [0.29, 0.717) is 11.6 Å². The molecule has 0 heterocycles. The first kappa shape index (κ1) is 16.4. The highest BCUT2D eigenvalue weighted by Gasteiger charge is 2.16. The first-order valence-corrected chi connectivity index (χ1v) is 6.76. The largest absolute Gasteiger partial charge is 0.384 e. The summed E-state index contributed by atoms with van der Waals surface area (Å²) in [6.45, 7) is 0. The molecule has 1 fully saturated rings. The van der Waals surface area contributed by atoms with Crippen LogP contribution in [0.5, 0.6) is 0 Å². The van der Waals surface area contributed by atoms with Gasteiger partial charge in [-0.25, -0.2) is 0 Å². The second-order valence-electron chi connectivity index (χ2n) is 5.02. The minimum Gasteiger partial charge on any atom is -0.384 e. The fraction of sp³-hybridized carbons (Fsp3) is 0.500. The molecule has 0 aromatic heterocycles. The smallest absolute Gasteiger partial charge is 0.122 e. The molecular formula is C14H22ClN5. The van der Waals surface area contributed by atoms with Crippen LogP contribution < -0.4 is 5.73 Å². The first-order chi connectivity index (χ1) is 9.16. The maximum Gasteiger partial charge on any atom is 0.122 e. The van der Waals surface area contributed by atoms with E-state index in [0.717, 1.165) is 5.69 Å². The molecule has 0 saturated heterocycles. The van der Waals surface area contributed by atoms with E-state index in [4.69, 9.17) is 11.1 Å². The molecule has 0 unspecified atom stereocenters. The summed E-state index contributed by atoms with van der Waals surface area (Å²) < 4.78 is 0. The number of nitrogen functional groups attached to an aromatic ring is 1. The van der Waals surface area contributed by atoms with Gasteiger partial charge in [0, 0.05) is 18.7 Å². The van der Waals surface area contributed by atoms with E-state index in [1.165, 1.54) is 32.1 Å². The minimum atomic E-state index is 0. The van der Waals surface area contributed by atoms with Crippen molar-refractivity contribution >= 4 is 23.9 Å². The van der Waals surface area contributed by atoms with Gasteiger partial charge in [-0.3, -0.25) is 10.4 Å². The van der Waals surface area contributed by atoms with Crippen molar-refractivity contribution in [1.82, 2.24) is 5.01 Å². The Morgan fingerprint density at radius 3 is 2.35 bits per heavy atom. The van der Waals surface area contributed by atoms with Crippen LogP contribution in [0.2, 0.25) is 0 Å². The summed E-state index contributed by atoms with van der Waals surface area (Å²) in [6, 6.07) is 7.76. The SMILES string of the molecule is CN(N=Nc1ccc(C(=N)N)cc1)C1CCCCC1.Cl. The molecule has 1 aromatic rings. The van der Waals surface area contributed by atoms with E-state index in [2.05, 4.69) is 10.3 Å². The molecule has 0 radical (unpaired) electrons. The molecule has 3 N–H and O–H groups in total. The van der Waals surface area contributed by atoms with Crippen molar-refractivity contribution in [3.8, 4) is 0 Å². The minimum absolute atomic E-state index is 0. The molecule has 0 aliphatic heterocycles. The number of rotatable bonds is 4. The van der Waals surface area contributed by atoms with Gasteiger partial charge in [-0.15, -0.1) is 17.5 Å². The second kappa shape index (κ2) is 7.85. The number of benzene rings is 1. The normalized spacial score (nSPS) is 15.8. The van der Waals surface area contributed by atoms with Gasteiger partial charge in [-0.05, 0) is 37.1 Å². The van der Waals surface area contributed by atoms with Crippen molar-refractivity contribution < 1.29 is 0 Å². The molecule has 5 nitrogen and oxygen atoms in total. The molecule has 20 heavy (non-hydrogen) atoms. The van der Waals surface area contributed by atoms with Crippen LogP contribution in [0.15, 0.2) is 34.6 Å². The zero-order valence-electron chi connectivity index (χ0n) is 11.7. The lowest BCUT2D eigenvalue weighted by molar-refractivity contribution is 0.187. The summed E-state index contributed by atoms with van der Waals surface area (Å²) in [5.41, 5.74) is 6.90. The quantitative estimate of drug-likeness (QED) is 0.385. The number of amidine groups is 1. The van der Waals surface area contributed by atoms with Crippen LogP contribution in [-0.4, -0.2) is 23.9 Å². The van der Waals surface area contributed by atoms with Crippen LogP contribution in [0.4, 0.5) is 5.69 Å². The van der Waals surface area contributed by atoms with E-state index >= 15 is 0 Å². The third-order valence-electron chi connectivity index (χ3n) is 3.58. The molecule has 0 amide bonds. The van der Waals surface area contributed by atoms with Crippen LogP contribution in [0, 0.1) is 5.41 Å². The van der Waals surface area contributed by atoms with Crippen LogP contribution in [0.3, 0.4) is 0 Å². The van der Waals surface area contributed by atoms with Crippen molar-refractivity contribution in [2.75, 3.05) is 7.05 Å². The van der Waals surface area contributed by atoms with Gasteiger partial charge in [0.2, 0.25) is 0 Å². The standard InChI is InChI=1S/C14H21N5.ClH/c1-19(13-5-3-2-4-6-13)18-17-12-9-7-11(8-10-12)14(15)16;/h7-10,13H,2-6H2,1H3,(H3,15,16);1H. The molecule has 0 spiro atoms. The number of hydrogen-bond donors (Lipinski definition) is 2. The van der Waals surface area contributed by atoms with Gasteiger partial charge in [0.05, 0.1) is 5.69 Å². The molecule has 1 aromatic carbocycles. The zero-order chi connectivity index (χ0) is 13.7. The third kappa shape index (κ3) is 4.49. The molecule has 110 valence electrons. The van der Waals surface area contributed by atoms with Crippen molar-refractivity contribution in [3.05, 3.63) is 29.8 Å². The average Bonchev–Trinajstić information content (AvgIpc) is 2.46. The topological polar surface area (TPSA) is 77.8 Å². The predicted molar refractivity (Wildman–Crippen MR) is 83.9 cm³/mol. The Bertz CT molecular complexity index is 451. The van der Waals surface area contributed by atoms with Crippen molar-refractivity contribution in [2.45, 2.75) is 38.1 Å². The van der Waals surface area contributed by atoms with Gasteiger partial charge < -0.3 is 5.73 Å². The Labute approximate surface area is 126 Å². The van der Waals surface area contributed by atoms with E-state index in [9.17, 15) is 0 Å². The first-order valence-electron chi connectivity index (χ1n) is 6.76. The summed E-state index contributed by atoms with van der Waals surface area (Å²) in [5.74, 6) is 0.0720. The molecule has 1 aliphatic carbocycles. The lowest BCUT2D eigenvalue weighted by atomic mass is 9.95. The molecule has 2 rings (SSSR count). The Hall–Kier alpha value is -1.62. The van der Waals surface area contributed by atoms with Gasteiger partial charge in [-0.2, -0.15) is 0 Å². The summed E-state index contributed by atoms with van der Waals surface area (Å²) in [6.07, 6.45) is 6.33. The fourth-order valence-corrected chi connectivity index (χ4v) is 2.36. The second-order valence-corrected chi connectivity index (χ2v) is 5.02. The number of nitrogens with zero attached hydrogens (tertiary/aromatic N) is 3. The summed E-state index contributed by atoms with van der Waals surface area (Å²) in [5, 5.41) is 17.8. The van der Waals surface area contributed by atoms with Gasteiger partial charge in [0.1, 0.15) is 5.84 Å². The van der Waals surface area contributed by atoms with Gasteiger partial charge in [0.15, 0.2) is 0 Å². The molecule has 1 saturated carbocycles. The highest BCUT2D eigenvalue weighted by molar-refractivity contribution is 5.95. The fourth-order valence-electron chi connectivity index (χ4n) is 2.36. The zero-order valence-corrected chi connectivity index (χ0v) is 12.6. The Balaban J connectivity index is 0.00000200. The number of nitrogens with two attached hydrogens (primary N) is 1. The maximum absolute atomic E-state index is 7.33. The lowest BCUT2D eigenvalue weighted by Crippen LogP contribution is -2.28. The highest BCUT2D eigenvalue weighted by Crippen LogP contribution is 2.22. The van der Waals surface area contributed by atoms with Crippen LogP contribution >= 0.6 is 12.4 Å². The number of hydrogen-bond acceptors (Lipinski definition) is 3. The predicted octanol–water partition coefficient (Wildman–Crippen LogP) is 3.66. The maximum atomic E-state index is 7.33. The monoisotopic (exact) mass is 295 g/mol. The molecule has 0 atom stereocenters. The molecule has 0 bridgehead atoms. The Kier molecular flexibility index (Phi) is 6.45. The third-order valence-corrected chi connectivity index (χ3v) is 3.58. The van der Waals surface area contributed by atoms with E-state index < -0.39 is 0 Å². The summed E-state index contributed by atoms with van der Waals surface area (Å²) in [7, 11) is 1.99. The van der Waals surface area contributed by atoms with Crippen molar-refractivity contribution in [1.29, 1.82) is 5.41 Å². The Morgan fingerprint density at radius 2 is 1.80 bits per heavy atom. The van der Waals surface area contributed by atoms with Gasteiger partial charge in [0.25, 0.3) is 0 Å². The Morgan fingerprint density at radius 1 is 1.20 bits per heavy atom. The highest BCUT2D eigenvalue weighted by atomic mass is 35.5. The van der Waals surface area contributed by atoms with E-state index in [1.54, 1.807) is 12.1 Å². The van der Waals surface area contributed by atoms with Crippen LogP contribution in [0.1, 0.15) is 37.7 Å². The van der Waals surface area contributed by atoms with Gasteiger partial charge >= 0.3 is 0 Å². The summed E-state index contributed by atoms with van der Waals surface area (Å²) in [4.78, 5) is 0. The van der Waals surface area contributed by atoms with Crippen molar-refractivity contribution in [3.63, 3.8) is 0 Å². The molecule has 6 heteroatoms. The van der Waals surface area contributed by atoms with Crippen molar-refractivity contribution in [2.24, 2.45) is 16.1 Å². The summed E-state index contributed by atoms with van der Waals surface area (Å²) >= 11 is 0. The van der Waals surface area contributed by atoms with Crippen LogP contribution in [0.25, 0.3) is 0 Å². The van der Waals surface area contributed by atoms with Crippen LogP contribution in [-0.2, 0) is 0 Å². The molecule has 1 aliphatic rings. The lowest BCUT2D eigenvalue weighted by Gasteiger charge is -2.27. The van der Waals surface area contributed by atoms with E-state index in [1.807, 2.05) is 24.2 Å². The average molecular weight is 296 g/mol. The molecular weight excluding hydrogens is 274 g/mol. The number of halogens is 1. The number of nitrogens with one attached hydrogen (secondary N) is 1. The van der Waals surface area contributed by atoms with Gasteiger partial charge in [-0.1, -0.05) is 24.5 Å².